The molecular weight excluding hydrogens is 394 g/mol. The second-order valence-corrected chi connectivity index (χ2v) is 7.86. The molecule has 3 amide bonds. The number of rotatable bonds is 5. The second kappa shape index (κ2) is 9.43. The molecule has 2 N–H and O–H groups in total. The number of hydrogen-bond donors (Lipinski definition) is 2. The van der Waals surface area contributed by atoms with Crippen molar-refractivity contribution >= 4 is 40.9 Å². The van der Waals surface area contributed by atoms with Crippen LogP contribution in [-0.2, 0) is 9.53 Å². The summed E-state index contributed by atoms with van der Waals surface area (Å²) in [5, 5.41) is 5.85. The Kier molecular flexibility index (Phi) is 7.23. The lowest BCUT2D eigenvalue weighted by Gasteiger charge is -2.20. The summed E-state index contributed by atoms with van der Waals surface area (Å²) in [5.41, 5.74) is 0.711. The summed E-state index contributed by atoms with van der Waals surface area (Å²) >= 11 is 5.82. The number of nitrogens with one attached hydrogen (secondary N) is 2. The van der Waals surface area contributed by atoms with E-state index in [1.54, 1.807) is 63.2 Å². The van der Waals surface area contributed by atoms with Crippen molar-refractivity contribution in [3.05, 3.63) is 59.1 Å². The molecule has 0 saturated heterocycles. The first kappa shape index (κ1) is 22.2. The Bertz CT molecular complexity index is 892. The summed E-state index contributed by atoms with van der Waals surface area (Å²) in [7, 11) is 1.53. The zero-order valence-corrected chi connectivity index (χ0v) is 17.5. The van der Waals surface area contributed by atoms with Crippen LogP contribution in [0.2, 0.25) is 5.02 Å². The number of halogens is 1. The molecule has 2 aromatic carbocycles. The molecule has 2 rings (SSSR count). The standard InChI is InChI=1S/C21H24ClN3O4/c1-21(2,3)29-20(28)24-17-7-5-6-14(12-17)19(27)25(4)13-18(26)23-16-10-8-15(22)9-11-16/h5-12H,13H2,1-4H3,(H,23,26)(H,24,28). The zero-order valence-electron chi connectivity index (χ0n) is 16.8. The van der Waals surface area contributed by atoms with Gasteiger partial charge in [-0.2, -0.15) is 0 Å². The molecule has 0 fully saturated rings. The fourth-order valence-corrected chi connectivity index (χ4v) is 2.52. The van der Waals surface area contributed by atoms with Gasteiger partial charge in [-0.15, -0.1) is 0 Å². The first-order valence-corrected chi connectivity index (χ1v) is 9.32. The highest BCUT2D eigenvalue weighted by molar-refractivity contribution is 6.30. The maximum atomic E-state index is 12.6. The van der Waals surface area contributed by atoms with Gasteiger partial charge in [0.05, 0.1) is 6.54 Å². The van der Waals surface area contributed by atoms with E-state index in [4.69, 9.17) is 16.3 Å². The monoisotopic (exact) mass is 417 g/mol. The first-order valence-electron chi connectivity index (χ1n) is 8.94. The molecule has 0 aliphatic carbocycles. The normalized spacial score (nSPS) is 10.8. The Labute approximate surface area is 175 Å². The highest BCUT2D eigenvalue weighted by Gasteiger charge is 2.18. The highest BCUT2D eigenvalue weighted by atomic mass is 35.5. The molecule has 0 bridgehead atoms. The number of carbonyl (C=O) groups is 3. The molecule has 2 aromatic rings. The SMILES string of the molecule is CN(CC(=O)Nc1ccc(Cl)cc1)C(=O)c1cccc(NC(=O)OC(C)(C)C)c1. The quantitative estimate of drug-likeness (QED) is 0.754. The van der Waals surface area contributed by atoms with E-state index in [9.17, 15) is 14.4 Å². The molecule has 0 aliphatic rings. The van der Waals surface area contributed by atoms with E-state index in [0.717, 1.165) is 0 Å². The average Bonchev–Trinajstić information content (AvgIpc) is 2.61. The number of nitrogens with zero attached hydrogens (tertiary/aromatic N) is 1. The van der Waals surface area contributed by atoms with E-state index in [0.29, 0.717) is 22.0 Å². The summed E-state index contributed by atoms with van der Waals surface area (Å²) in [4.78, 5) is 38.0. The van der Waals surface area contributed by atoms with Gasteiger partial charge in [0, 0.05) is 29.0 Å². The topological polar surface area (TPSA) is 87.7 Å². The third-order valence-electron chi connectivity index (χ3n) is 3.61. The van der Waals surface area contributed by atoms with E-state index < -0.39 is 11.7 Å². The Morgan fingerprint density at radius 1 is 1.00 bits per heavy atom. The third kappa shape index (κ3) is 7.46. The van der Waals surface area contributed by atoms with Crippen LogP contribution in [0.25, 0.3) is 0 Å². The minimum atomic E-state index is -0.630. The van der Waals surface area contributed by atoms with Crippen molar-refractivity contribution < 1.29 is 19.1 Å². The van der Waals surface area contributed by atoms with Gasteiger partial charge in [0.1, 0.15) is 5.60 Å². The van der Waals surface area contributed by atoms with Crippen LogP contribution in [0.5, 0.6) is 0 Å². The van der Waals surface area contributed by atoms with Gasteiger partial charge in [-0.3, -0.25) is 14.9 Å². The molecule has 0 atom stereocenters. The number of benzene rings is 2. The Morgan fingerprint density at radius 3 is 2.28 bits per heavy atom. The molecule has 0 aromatic heterocycles. The lowest BCUT2D eigenvalue weighted by Crippen LogP contribution is -2.35. The molecule has 8 heteroatoms. The van der Waals surface area contributed by atoms with E-state index in [1.807, 2.05) is 0 Å². The Balaban J connectivity index is 1.97. The van der Waals surface area contributed by atoms with Crippen molar-refractivity contribution in [1.82, 2.24) is 4.90 Å². The largest absolute Gasteiger partial charge is 0.444 e. The van der Waals surface area contributed by atoms with Crippen LogP contribution in [0.3, 0.4) is 0 Å². The molecular formula is C21H24ClN3O4. The second-order valence-electron chi connectivity index (χ2n) is 7.42. The number of carbonyl (C=O) groups excluding carboxylic acids is 3. The van der Waals surface area contributed by atoms with Crippen molar-refractivity contribution in [1.29, 1.82) is 0 Å². The molecule has 0 spiro atoms. The molecule has 29 heavy (non-hydrogen) atoms. The molecule has 0 heterocycles. The molecule has 0 saturated carbocycles. The predicted octanol–water partition coefficient (Wildman–Crippen LogP) is 4.40. The van der Waals surface area contributed by atoms with Gasteiger partial charge in [0.25, 0.3) is 5.91 Å². The third-order valence-corrected chi connectivity index (χ3v) is 3.86. The summed E-state index contributed by atoms with van der Waals surface area (Å²) < 4.78 is 5.20. The number of anilines is 2. The summed E-state index contributed by atoms with van der Waals surface area (Å²) in [6.45, 7) is 5.15. The van der Waals surface area contributed by atoms with E-state index in [2.05, 4.69) is 10.6 Å². The van der Waals surface area contributed by atoms with Crippen LogP contribution in [-0.4, -0.2) is 42.0 Å². The van der Waals surface area contributed by atoms with Crippen LogP contribution in [0, 0.1) is 0 Å². The van der Waals surface area contributed by atoms with E-state index >= 15 is 0 Å². The lowest BCUT2D eigenvalue weighted by molar-refractivity contribution is -0.116. The van der Waals surface area contributed by atoms with Gasteiger partial charge in [-0.05, 0) is 63.2 Å². The Morgan fingerprint density at radius 2 is 1.66 bits per heavy atom. The Hall–Kier alpha value is -3.06. The van der Waals surface area contributed by atoms with Crippen molar-refractivity contribution in [3.8, 4) is 0 Å². The number of likely N-dealkylation sites (N-methyl/N-ethyl adjacent to an activating group) is 1. The van der Waals surface area contributed by atoms with Crippen LogP contribution in [0.15, 0.2) is 48.5 Å². The van der Waals surface area contributed by atoms with Gasteiger partial charge in [-0.25, -0.2) is 4.79 Å². The van der Waals surface area contributed by atoms with Crippen LogP contribution in [0.4, 0.5) is 16.2 Å². The first-order chi connectivity index (χ1) is 13.5. The van der Waals surface area contributed by atoms with E-state index in [-0.39, 0.29) is 18.4 Å². The maximum absolute atomic E-state index is 12.6. The fourth-order valence-electron chi connectivity index (χ4n) is 2.39. The van der Waals surface area contributed by atoms with Crippen LogP contribution < -0.4 is 10.6 Å². The smallest absolute Gasteiger partial charge is 0.412 e. The fraction of sp³-hybridized carbons (Fsp3) is 0.286. The predicted molar refractivity (Wildman–Crippen MR) is 113 cm³/mol. The minimum absolute atomic E-state index is 0.134. The number of hydrogen-bond acceptors (Lipinski definition) is 4. The summed E-state index contributed by atoms with van der Waals surface area (Å²) in [5.74, 6) is -0.699. The van der Waals surface area contributed by atoms with Gasteiger partial charge in [0.2, 0.25) is 5.91 Å². The van der Waals surface area contributed by atoms with Gasteiger partial charge < -0.3 is 15.0 Å². The summed E-state index contributed by atoms with van der Waals surface area (Å²) in [6, 6.07) is 13.1. The maximum Gasteiger partial charge on any atom is 0.412 e. The zero-order chi connectivity index (χ0) is 21.6. The number of ether oxygens (including phenoxy) is 1. The van der Waals surface area contributed by atoms with Gasteiger partial charge in [-0.1, -0.05) is 17.7 Å². The highest BCUT2D eigenvalue weighted by Crippen LogP contribution is 2.16. The average molecular weight is 418 g/mol. The summed E-state index contributed by atoms with van der Waals surface area (Å²) in [6.07, 6.45) is -0.613. The van der Waals surface area contributed by atoms with Crippen molar-refractivity contribution in [2.45, 2.75) is 26.4 Å². The van der Waals surface area contributed by atoms with Crippen molar-refractivity contribution in [3.63, 3.8) is 0 Å². The number of amides is 3. The molecule has 154 valence electrons. The van der Waals surface area contributed by atoms with Crippen molar-refractivity contribution in [2.75, 3.05) is 24.2 Å². The van der Waals surface area contributed by atoms with Crippen LogP contribution >= 0.6 is 11.6 Å². The molecule has 0 radical (unpaired) electrons. The molecule has 7 nitrogen and oxygen atoms in total. The van der Waals surface area contributed by atoms with Crippen molar-refractivity contribution in [2.24, 2.45) is 0 Å². The lowest BCUT2D eigenvalue weighted by atomic mass is 10.1. The minimum Gasteiger partial charge on any atom is -0.444 e. The molecule has 0 unspecified atom stereocenters. The van der Waals surface area contributed by atoms with Crippen LogP contribution in [0.1, 0.15) is 31.1 Å². The van der Waals surface area contributed by atoms with Gasteiger partial charge >= 0.3 is 6.09 Å². The van der Waals surface area contributed by atoms with Gasteiger partial charge in [0.15, 0.2) is 0 Å². The molecule has 0 aliphatic heterocycles. The van der Waals surface area contributed by atoms with E-state index in [1.165, 1.54) is 18.0 Å².